The van der Waals surface area contributed by atoms with Gasteiger partial charge in [-0.05, 0) is 43.4 Å². The predicted molar refractivity (Wildman–Crippen MR) is 77.3 cm³/mol. The van der Waals surface area contributed by atoms with Gasteiger partial charge in [0.1, 0.15) is 0 Å². The SMILES string of the molecule is OCCN(CC1CCCN1)C1Cc2ccccc2C1. The van der Waals surface area contributed by atoms with Gasteiger partial charge in [-0.3, -0.25) is 4.90 Å². The number of aliphatic hydroxyl groups excluding tert-OH is 1. The quantitative estimate of drug-likeness (QED) is 0.835. The first-order valence-corrected chi connectivity index (χ1v) is 7.52. The maximum Gasteiger partial charge on any atom is 0.0558 e. The van der Waals surface area contributed by atoms with Crippen LogP contribution >= 0.6 is 0 Å². The molecular formula is C16H24N2O. The largest absolute Gasteiger partial charge is 0.395 e. The predicted octanol–water partition coefficient (Wildman–Crippen LogP) is 1.20. The smallest absolute Gasteiger partial charge is 0.0558 e. The summed E-state index contributed by atoms with van der Waals surface area (Å²) in [6.45, 7) is 3.30. The molecule has 0 saturated carbocycles. The molecule has 1 atom stereocenters. The first-order valence-electron chi connectivity index (χ1n) is 7.52. The Morgan fingerprint density at radius 3 is 2.53 bits per heavy atom. The average Bonchev–Trinajstić information content (AvgIpc) is 3.06. The molecule has 3 heteroatoms. The molecule has 0 aromatic heterocycles. The Bertz CT molecular complexity index is 390. The van der Waals surface area contributed by atoms with Crippen LogP contribution in [0.25, 0.3) is 0 Å². The van der Waals surface area contributed by atoms with Gasteiger partial charge in [-0.25, -0.2) is 0 Å². The van der Waals surface area contributed by atoms with E-state index < -0.39 is 0 Å². The van der Waals surface area contributed by atoms with Crippen molar-refractivity contribution in [2.24, 2.45) is 0 Å². The number of hydrogen-bond donors (Lipinski definition) is 2. The summed E-state index contributed by atoms with van der Waals surface area (Å²) in [6.07, 6.45) is 4.86. The number of nitrogens with zero attached hydrogens (tertiary/aromatic N) is 1. The zero-order valence-electron chi connectivity index (χ0n) is 11.5. The Balaban J connectivity index is 1.64. The summed E-state index contributed by atoms with van der Waals surface area (Å²) in [4.78, 5) is 2.49. The summed E-state index contributed by atoms with van der Waals surface area (Å²) in [5.74, 6) is 0. The van der Waals surface area contributed by atoms with Crippen LogP contribution in [0.4, 0.5) is 0 Å². The third-order valence-electron chi connectivity index (χ3n) is 4.55. The Morgan fingerprint density at radius 2 is 1.95 bits per heavy atom. The molecule has 1 unspecified atom stereocenters. The topological polar surface area (TPSA) is 35.5 Å². The number of hydrogen-bond acceptors (Lipinski definition) is 3. The molecule has 3 nitrogen and oxygen atoms in total. The van der Waals surface area contributed by atoms with Crippen LogP contribution in [0.5, 0.6) is 0 Å². The van der Waals surface area contributed by atoms with E-state index in [9.17, 15) is 5.11 Å². The van der Waals surface area contributed by atoms with Crippen LogP contribution in [-0.2, 0) is 12.8 Å². The van der Waals surface area contributed by atoms with Gasteiger partial charge in [0, 0.05) is 25.2 Å². The molecule has 1 aliphatic heterocycles. The fourth-order valence-electron chi connectivity index (χ4n) is 3.54. The molecule has 1 aromatic rings. The minimum absolute atomic E-state index is 0.263. The Labute approximate surface area is 115 Å². The van der Waals surface area contributed by atoms with Crippen molar-refractivity contribution in [1.29, 1.82) is 0 Å². The number of fused-ring (bicyclic) bond motifs is 1. The van der Waals surface area contributed by atoms with Crippen LogP contribution < -0.4 is 5.32 Å². The van der Waals surface area contributed by atoms with Gasteiger partial charge < -0.3 is 10.4 Å². The number of nitrogens with one attached hydrogen (secondary N) is 1. The third-order valence-corrected chi connectivity index (χ3v) is 4.55. The van der Waals surface area contributed by atoms with E-state index in [1.807, 2.05) is 0 Å². The minimum atomic E-state index is 0.263. The number of aliphatic hydroxyl groups is 1. The normalized spacial score (nSPS) is 23.2. The molecule has 0 spiro atoms. The highest BCUT2D eigenvalue weighted by atomic mass is 16.3. The molecule has 3 rings (SSSR count). The summed E-state index contributed by atoms with van der Waals surface area (Å²) in [5.41, 5.74) is 2.99. The monoisotopic (exact) mass is 260 g/mol. The summed E-state index contributed by atoms with van der Waals surface area (Å²) >= 11 is 0. The van der Waals surface area contributed by atoms with Crippen molar-refractivity contribution in [1.82, 2.24) is 10.2 Å². The summed E-state index contributed by atoms with van der Waals surface area (Å²) in [6, 6.07) is 9.97. The van der Waals surface area contributed by atoms with E-state index in [4.69, 9.17) is 0 Å². The van der Waals surface area contributed by atoms with E-state index in [0.29, 0.717) is 12.1 Å². The molecule has 1 fully saturated rings. The zero-order chi connectivity index (χ0) is 13.1. The number of benzene rings is 1. The van der Waals surface area contributed by atoms with Gasteiger partial charge in [-0.2, -0.15) is 0 Å². The van der Waals surface area contributed by atoms with Crippen molar-refractivity contribution in [2.45, 2.75) is 37.8 Å². The van der Waals surface area contributed by atoms with Crippen molar-refractivity contribution >= 4 is 0 Å². The highest BCUT2D eigenvalue weighted by Crippen LogP contribution is 2.25. The van der Waals surface area contributed by atoms with Gasteiger partial charge in [0.25, 0.3) is 0 Å². The van der Waals surface area contributed by atoms with Crippen molar-refractivity contribution < 1.29 is 5.11 Å². The molecule has 0 amide bonds. The van der Waals surface area contributed by atoms with E-state index in [1.54, 1.807) is 0 Å². The average molecular weight is 260 g/mol. The molecule has 104 valence electrons. The van der Waals surface area contributed by atoms with E-state index in [2.05, 4.69) is 34.5 Å². The first kappa shape index (κ1) is 13.1. The maximum absolute atomic E-state index is 9.33. The molecule has 1 heterocycles. The Kier molecular flexibility index (Phi) is 4.16. The van der Waals surface area contributed by atoms with Crippen molar-refractivity contribution in [3.63, 3.8) is 0 Å². The maximum atomic E-state index is 9.33. The molecule has 1 aromatic carbocycles. The summed E-state index contributed by atoms with van der Waals surface area (Å²) in [5, 5.41) is 12.9. The van der Waals surface area contributed by atoms with Crippen LogP contribution in [0.1, 0.15) is 24.0 Å². The van der Waals surface area contributed by atoms with Gasteiger partial charge >= 0.3 is 0 Å². The second-order valence-electron chi connectivity index (χ2n) is 5.84. The molecule has 2 N–H and O–H groups in total. The fraction of sp³-hybridized carbons (Fsp3) is 0.625. The van der Waals surface area contributed by atoms with Crippen molar-refractivity contribution in [3.05, 3.63) is 35.4 Å². The van der Waals surface area contributed by atoms with Crippen LogP contribution in [0.15, 0.2) is 24.3 Å². The molecular weight excluding hydrogens is 236 g/mol. The molecule has 2 aliphatic rings. The van der Waals surface area contributed by atoms with E-state index in [1.165, 1.54) is 24.0 Å². The minimum Gasteiger partial charge on any atom is -0.395 e. The van der Waals surface area contributed by atoms with Gasteiger partial charge in [0.05, 0.1) is 6.61 Å². The van der Waals surface area contributed by atoms with Gasteiger partial charge in [-0.1, -0.05) is 24.3 Å². The fourth-order valence-corrected chi connectivity index (χ4v) is 3.54. The lowest BCUT2D eigenvalue weighted by Gasteiger charge is -2.30. The molecule has 0 bridgehead atoms. The third kappa shape index (κ3) is 2.99. The van der Waals surface area contributed by atoms with Crippen LogP contribution in [0.3, 0.4) is 0 Å². The van der Waals surface area contributed by atoms with Crippen LogP contribution in [-0.4, -0.2) is 48.3 Å². The lowest BCUT2D eigenvalue weighted by Crippen LogP contribution is -2.45. The lowest BCUT2D eigenvalue weighted by molar-refractivity contribution is 0.143. The van der Waals surface area contributed by atoms with E-state index in [-0.39, 0.29) is 6.61 Å². The summed E-state index contributed by atoms with van der Waals surface area (Å²) in [7, 11) is 0. The second-order valence-corrected chi connectivity index (χ2v) is 5.84. The highest BCUT2D eigenvalue weighted by Gasteiger charge is 2.28. The molecule has 19 heavy (non-hydrogen) atoms. The zero-order valence-corrected chi connectivity index (χ0v) is 11.5. The first-order chi connectivity index (χ1) is 9.36. The Hall–Kier alpha value is -0.900. The molecule has 0 radical (unpaired) electrons. The Morgan fingerprint density at radius 1 is 1.21 bits per heavy atom. The van der Waals surface area contributed by atoms with Crippen LogP contribution in [0, 0.1) is 0 Å². The standard InChI is InChI=1S/C16H24N2O/c19-9-8-18(12-15-6-3-7-17-15)16-10-13-4-1-2-5-14(13)11-16/h1-2,4-5,15-17,19H,3,6-12H2. The van der Waals surface area contributed by atoms with E-state index >= 15 is 0 Å². The second kappa shape index (κ2) is 6.04. The van der Waals surface area contributed by atoms with Gasteiger partial charge in [-0.15, -0.1) is 0 Å². The highest BCUT2D eigenvalue weighted by molar-refractivity contribution is 5.33. The molecule has 1 saturated heterocycles. The van der Waals surface area contributed by atoms with Gasteiger partial charge in [0.15, 0.2) is 0 Å². The lowest BCUT2D eigenvalue weighted by atomic mass is 10.1. The van der Waals surface area contributed by atoms with E-state index in [0.717, 1.165) is 32.5 Å². The number of rotatable bonds is 5. The van der Waals surface area contributed by atoms with Crippen molar-refractivity contribution in [3.8, 4) is 0 Å². The summed E-state index contributed by atoms with van der Waals surface area (Å²) < 4.78 is 0. The van der Waals surface area contributed by atoms with Gasteiger partial charge in [0.2, 0.25) is 0 Å². The van der Waals surface area contributed by atoms with Crippen molar-refractivity contribution in [2.75, 3.05) is 26.2 Å². The molecule has 1 aliphatic carbocycles. The van der Waals surface area contributed by atoms with Crippen LogP contribution in [0.2, 0.25) is 0 Å².